The first-order chi connectivity index (χ1) is 14.2. The fourth-order valence-corrected chi connectivity index (χ4v) is 5.15. The first kappa shape index (κ1) is 20.1. The Morgan fingerprint density at radius 1 is 1.37 bits per heavy atom. The van der Waals surface area contributed by atoms with Gasteiger partial charge in [0.05, 0.1) is 34.7 Å². The maximum Gasteiger partial charge on any atom is 0.275 e. The van der Waals surface area contributed by atoms with Crippen molar-refractivity contribution in [2.24, 2.45) is 5.92 Å². The fraction of sp³-hybridized carbons (Fsp3) is 0.368. The number of carbonyl (C=O) groups is 1. The molecule has 0 spiro atoms. The van der Waals surface area contributed by atoms with Crippen LogP contribution in [0.5, 0.6) is 0 Å². The van der Waals surface area contributed by atoms with Gasteiger partial charge in [0.25, 0.3) is 5.56 Å². The number of carbonyl (C=O) groups excluding carboxylic acids is 1. The summed E-state index contributed by atoms with van der Waals surface area (Å²) in [7, 11) is -3.63. The lowest BCUT2D eigenvalue weighted by molar-refractivity contribution is -0.121. The van der Waals surface area contributed by atoms with Crippen LogP contribution in [0, 0.1) is 12.8 Å². The molecule has 0 atom stereocenters. The van der Waals surface area contributed by atoms with E-state index in [1.54, 1.807) is 13.0 Å². The van der Waals surface area contributed by atoms with Gasteiger partial charge < -0.3 is 20.6 Å². The van der Waals surface area contributed by atoms with E-state index in [1.807, 2.05) is 6.07 Å². The van der Waals surface area contributed by atoms with E-state index < -0.39 is 21.3 Å². The molecule has 3 heterocycles. The monoisotopic (exact) mass is 430 g/mol. The van der Waals surface area contributed by atoms with E-state index in [9.17, 15) is 18.0 Å². The SMILES string of the molecule is Cc1cc(S(=O)(=O)CC2CC2)c(N)c(=O)n1CC(=O)NCc1ccc2[nH]cnc2n1. The number of amides is 1. The minimum atomic E-state index is -3.63. The Hall–Kier alpha value is -3.21. The highest BCUT2D eigenvalue weighted by molar-refractivity contribution is 7.91. The average molecular weight is 430 g/mol. The molecule has 1 saturated carbocycles. The lowest BCUT2D eigenvalue weighted by Gasteiger charge is -2.14. The molecule has 0 aromatic carbocycles. The van der Waals surface area contributed by atoms with Crippen LogP contribution in [0.15, 0.2) is 34.2 Å². The second kappa shape index (κ2) is 7.56. The predicted molar refractivity (Wildman–Crippen MR) is 110 cm³/mol. The quantitative estimate of drug-likeness (QED) is 0.493. The van der Waals surface area contributed by atoms with Gasteiger partial charge in [-0.2, -0.15) is 0 Å². The summed E-state index contributed by atoms with van der Waals surface area (Å²) in [5.41, 5.74) is 7.13. The van der Waals surface area contributed by atoms with Gasteiger partial charge in [-0.1, -0.05) is 0 Å². The van der Waals surface area contributed by atoms with Gasteiger partial charge in [-0.15, -0.1) is 0 Å². The highest BCUT2D eigenvalue weighted by Gasteiger charge is 2.31. The number of aryl methyl sites for hydroxylation is 1. The lowest BCUT2D eigenvalue weighted by Crippen LogP contribution is -2.35. The van der Waals surface area contributed by atoms with E-state index in [4.69, 9.17) is 5.73 Å². The third kappa shape index (κ3) is 4.06. The molecule has 10 nitrogen and oxygen atoms in total. The summed E-state index contributed by atoms with van der Waals surface area (Å²) in [6.07, 6.45) is 3.28. The molecule has 0 unspecified atom stereocenters. The van der Waals surface area contributed by atoms with Gasteiger partial charge in [0.15, 0.2) is 15.5 Å². The molecule has 1 aliphatic carbocycles. The summed E-state index contributed by atoms with van der Waals surface area (Å²) in [6.45, 7) is 1.47. The summed E-state index contributed by atoms with van der Waals surface area (Å²) in [5.74, 6) is -0.289. The van der Waals surface area contributed by atoms with Crippen LogP contribution in [-0.4, -0.2) is 39.6 Å². The Morgan fingerprint density at radius 2 is 2.13 bits per heavy atom. The van der Waals surface area contributed by atoms with E-state index in [0.717, 1.165) is 18.4 Å². The minimum absolute atomic E-state index is 0.00603. The number of nitrogens with zero attached hydrogens (tertiary/aromatic N) is 3. The second-order valence-electron chi connectivity index (χ2n) is 7.53. The third-order valence-corrected chi connectivity index (χ3v) is 7.02. The fourth-order valence-electron chi connectivity index (χ4n) is 3.24. The number of rotatable bonds is 7. The van der Waals surface area contributed by atoms with E-state index in [2.05, 4.69) is 20.3 Å². The van der Waals surface area contributed by atoms with Crippen molar-refractivity contribution in [1.29, 1.82) is 0 Å². The van der Waals surface area contributed by atoms with Gasteiger partial charge >= 0.3 is 0 Å². The Labute approximate surface area is 172 Å². The molecule has 158 valence electrons. The van der Waals surface area contributed by atoms with Crippen LogP contribution in [-0.2, 0) is 27.7 Å². The highest BCUT2D eigenvalue weighted by Crippen LogP contribution is 2.33. The van der Waals surface area contributed by atoms with Crippen molar-refractivity contribution in [1.82, 2.24) is 24.8 Å². The van der Waals surface area contributed by atoms with Crippen LogP contribution in [0.25, 0.3) is 11.2 Å². The molecule has 0 radical (unpaired) electrons. The summed E-state index contributed by atoms with van der Waals surface area (Å²) in [6, 6.07) is 4.94. The number of sulfone groups is 1. The molecule has 3 aromatic rings. The number of aromatic amines is 1. The zero-order valence-electron chi connectivity index (χ0n) is 16.4. The van der Waals surface area contributed by atoms with Crippen molar-refractivity contribution in [3.8, 4) is 0 Å². The Balaban J connectivity index is 1.48. The van der Waals surface area contributed by atoms with Gasteiger partial charge in [-0.25, -0.2) is 18.4 Å². The summed E-state index contributed by atoms with van der Waals surface area (Å²) >= 11 is 0. The molecule has 1 amide bonds. The van der Waals surface area contributed by atoms with Crippen LogP contribution in [0.3, 0.4) is 0 Å². The Bertz CT molecular complexity index is 1290. The number of imidazole rings is 1. The maximum absolute atomic E-state index is 12.7. The molecule has 3 aromatic heterocycles. The molecule has 0 saturated heterocycles. The van der Waals surface area contributed by atoms with E-state index >= 15 is 0 Å². The summed E-state index contributed by atoms with van der Waals surface area (Å²) < 4.78 is 26.3. The van der Waals surface area contributed by atoms with E-state index in [1.165, 1.54) is 17.0 Å². The number of fused-ring (bicyclic) bond motifs is 1. The number of hydrogen-bond acceptors (Lipinski definition) is 7. The smallest absolute Gasteiger partial charge is 0.275 e. The lowest BCUT2D eigenvalue weighted by atomic mass is 10.3. The number of anilines is 1. The second-order valence-corrected chi connectivity index (χ2v) is 9.54. The molecule has 1 fully saturated rings. The average Bonchev–Trinajstić information content (AvgIpc) is 3.37. The number of pyridine rings is 2. The molecule has 1 aliphatic rings. The molecular formula is C19H22N6O4S. The topological polar surface area (TPSA) is 153 Å². The van der Waals surface area contributed by atoms with E-state index in [0.29, 0.717) is 17.0 Å². The van der Waals surface area contributed by atoms with Crippen molar-refractivity contribution in [3.63, 3.8) is 0 Å². The number of nitrogens with two attached hydrogens (primary N) is 1. The number of H-pyrrole nitrogens is 1. The molecule has 4 N–H and O–H groups in total. The first-order valence-corrected chi connectivity index (χ1v) is 11.2. The Kier molecular flexibility index (Phi) is 5.06. The maximum atomic E-state index is 12.7. The summed E-state index contributed by atoms with van der Waals surface area (Å²) in [5, 5.41) is 2.70. The van der Waals surface area contributed by atoms with E-state index in [-0.39, 0.29) is 35.3 Å². The third-order valence-electron chi connectivity index (χ3n) is 5.10. The molecule has 0 bridgehead atoms. The molecule has 0 aliphatic heterocycles. The van der Waals surface area contributed by atoms with Gasteiger partial charge in [0, 0.05) is 5.69 Å². The largest absolute Gasteiger partial charge is 0.393 e. The summed E-state index contributed by atoms with van der Waals surface area (Å²) in [4.78, 5) is 36.2. The molecule has 11 heteroatoms. The number of nitrogens with one attached hydrogen (secondary N) is 2. The van der Waals surface area contributed by atoms with Crippen molar-refractivity contribution in [2.45, 2.75) is 37.8 Å². The van der Waals surface area contributed by atoms with Gasteiger partial charge in [0.1, 0.15) is 12.2 Å². The van der Waals surface area contributed by atoms with Gasteiger partial charge in [-0.05, 0) is 43.9 Å². The zero-order chi connectivity index (χ0) is 21.5. The number of nitrogen functional groups attached to an aromatic ring is 1. The van der Waals surface area contributed by atoms with Crippen molar-refractivity contribution in [2.75, 3.05) is 11.5 Å². The molecular weight excluding hydrogens is 408 g/mol. The zero-order valence-corrected chi connectivity index (χ0v) is 17.2. The number of hydrogen-bond donors (Lipinski definition) is 3. The molecule has 4 rings (SSSR count). The highest BCUT2D eigenvalue weighted by atomic mass is 32.2. The van der Waals surface area contributed by atoms with Gasteiger partial charge in [-0.3, -0.25) is 9.59 Å². The van der Waals surface area contributed by atoms with Crippen LogP contribution in [0.4, 0.5) is 5.69 Å². The first-order valence-electron chi connectivity index (χ1n) is 9.53. The van der Waals surface area contributed by atoms with Crippen LogP contribution in [0.2, 0.25) is 0 Å². The molecule has 30 heavy (non-hydrogen) atoms. The van der Waals surface area contributed by atoms with Crippen molar-refractivity contribution in [3.05, 3.63) is 46.3 Å². The van der Waals surface area contributed by atoms with Gasteiger partial charge in [0.2, 0.25) is 5.91 Å². The minimum Gasteiger partial charge on any atom is -0.393 e. The van der Waals surface area contributed by atoms with Crippen molar-refractivity contribution >= 4 is 32.6 Å². The van der Waals surface area contributed by atoms with Crippen LogP contribution in [0.1, 0.15) is 24.2 Å². The number of aromatic nitrogens is 4. The Morgan fingerprint density at radius 3 is 2.87 bits per heavy atom. The van der Waals surface area contributed by atoms with Crippen LogP contribution >= 0.6 is 0 Å². The standard InChI is InChI=1S/C19H22N6O4S/c1-11-6-15(30(28,29)9-12-2-3-12)17(20)19(27)25(11)8-16(26)21-7-13-4-5-14-18(24-13)23-10-22-14/h4-6,10,12H,2-3,7-9,20H2,1H3,(H,21,26)(H,22,23,24). The normalized spacial score (nSPS) is 14.2. The van der Waals surface area contributed by atoms with Crippen molar-refractivity contribution < 1.29 is 13.2 Å². The van der Waals surface area contributed by atoms with Crippen LogP contribution < -0.4 is 16.6 Å². The predicted octanol–water partition coefficient (Wildman–Crippen LogP) is 0.510.